The van der Waals surface area contributed by atoms with E-state index in [0.717, 1.165) is 5.75 Å². The smallest absolute Gasteiger partial charge is 0.300 e. The van der Waals surface area contributed by atoms with E-state index in [9.17, 15) is 4.79 Å². The Morgan fingerprint density at radius 1 is 1.32 bits per heavy atom. The maximum Gasteiger partial charge on any atom is 0.300 e. The number of benzene rings is 1. The van der Waals surface area contributed by atoms with Gasteiger partial charge in [0.15, 0.2) is 6.10 Å². The molecule has 6 nitrogen and oxygen atoms in total. The fourth-order valence-corrected chi connectivity index (χ4v) is 2.77. The second-order valence-corrected chi connectivity index (χ2v) is 7.31. The van der Waals surface area contributed by atoms with Crippen LogP contribution in [0.15, 0.2) is 35.3 Å². The normalized spacial score (nSPS) is 16.4. The van der Waals surface area contributed by atoms with Gasteiger partial charge in [0.1, 0.15) is 12.4 Å². The van der Waals surface area contributed by atoms with E-state index in [-0.39, 0.29) is 23.7 Å². The van der Waals surface area contributed by atoms with Crippen molar-refractivity contribution >= 4 is 0 Å². The monoisotopic (exact) mass is 344 g/mol. The first-order valence-electron chi connectivity index (χ1n) is 8.48. The van der Waals surface area contributed by atoms with Gasteiger partial charge in [-0.2, -0.15) is 4.98 Å². The Morgan fingerprint density at radius 2 is 2.04 bits per heavy atom. The molecule has 0 unspecified atom stereocenters. The summed E-state index contributed by atoms with van der Waals surface area (Å²) < 4.78 is 13.3. The molecule has 2 heterocycles. The molecule has 1 atom stereocenters. The Balaban J connectivity index is 1.61. The molecular weight excluding hydrogens is 320 g/mol. The molecule has 0 saturated carbocycles. The molecule has 0 radical (unpaired) electrons. The lowest BCUT2D eigenvalue weighted by Crippen LogP contribution is -2.23. The van der Waals surface area contributed by atoms with Crippen molar-refractivity contribution in [2.24, 2.45) is 0 Å². The van der Waals surface area contributed by atoms with Gasteiger partial charge in [0.05, 0.1) is 6.54 Å². The third kappa shape index (κ3) is 4.02. The highest BCUT2D eigenvalue weighted by molar-refractivity contribution is 5.31. The number of hydrogen-bond acceptors (Lipinski definition) is 5. The molecule has 134 valence electrons. The van der Waals surface area contributed by atoms with Gasteiger partial charge < -0.3 is 14.6 Å². The average Bonchev–Trinajstić information content (AvgIpc) is 2.95. The number of fused-ring (bicyclic) bond motifs is 1. The zero-order valence-electron chi connectivity index (χ0n) is 14.9. The first-order valence-corrected chi connectivity index (χ1v) is 8.48. The summed E-state index contributed by atoms with van der Waals surface area (Å²) in [6, 6.07) is 8.37. The second-order valence-electron chi connectivity index (χ2n) is 7.31. The SMILES string of the molecule is CC(C)(C)c1ccc(OC[C@@H]2Cn3cc(CCO)c(=O)nc3O2)cc1. The lowest BCUT2D eigenvalue weighted by atomic mass is 9.87. The highest BCUT2D eigenvalue weighted by atomic mass is 16.6. The highest BCUT2D eigenvalue weighted by Gasteiger charge is 2.25. The molecule has 2 aromatic rings. The number of rotatable bonds is 5. The van der Waals surface area contributed by atoms with E-state index in [0.29, 0.717) is 31.1 Å². The van der Waals surface area contributed by atoms with Gasteiger partial charge >= 0.3 is 0 Å². The molecule has 0 amide bonds. The number of aliphatic hydroxyl groups is 1. The van der Waals surface area contributed by atoms with Crippen molar-refractivity contribution in [1.82, 2.24) is 9.55 Å². The van der Waals surface area contributed by atoms with Crippen LogP contribution in [0.2, 0.25) is 0 Å². The minimum Gasteiger partial charge on any atom is -0.490 e. The van der Waals surface area contributed by atoms with Crippen molar-refractivity contribution in [3.63, 3.8) is 0 Å². The second kappa shape index (κ2) is 6.88. The quantitative estimate of drug-likeness (QED) is 0.897. The maximum absolute atomic E-state index is 11.8. The molecule has 3 rings (SSSR count). The van der Waals surface area contributed by atoms with Gasteiger partial charge in [0, 0.05) is 24.8 Å². The summed E-state index contributed by atoms with van der Waals surface area (Å²) in [6.07, 6.45) is 1.81. The van der Waals surface area contributed by atoms with E-state index in [1.54, 1.807) is 10.8 Å². The molecule has 1 aromatic heterocycles. The standard InChI is InChI=1S/C19H24N2O4/c1-19(2,3)14-4-6-15(7-5-14)24-12-16-11-21-10-13(8-9-22)17(23)20-18(21)25-16/h4-7,10,16,22H,8-9,11-12H2,1-3H3/t16-/m0/s1. The zero-order chi connectivity index (χ0) is 18.0. The van der Waals surface area contributed by atoms with E-state index in [1.165, 1.54) is 5.56 Å². The molecule has 0 fully saturated rings. The molecule has 25 heavy (non-hydrogen) atoms. The summed E-state index contributed by atoms with van der Waals surface area (Å²) >= 11 is 0. The van der Waals surface area contributed by atoms with Crippen LogP contribution in [0, 0.1) is 0 Å². The van der Waals surface area contributed by atoms with Crippen LogP contribution < -0.4 is 15.0 Å². The molecule has 0 saturated heterocycles. The summed E-state index contributed by atoms with van der Waals surface area (Å²) in [5.41, 5.74) is 1.51. The molecular formula is C19H24N2O4. The number of aliphatic hydroxyl groups excluding tert-OH is 1. The molecule has 1 N–H and O–H groups in total. The van der Waals surface area contributed by atoms with E-state index >= 15 is 0 Å². The predicted octanol–water partition coefficient (Wildman–Crippen LogP) is 1.92. The van der Waals surface area contributed by atoms with Gasteiger partial charge in [0.2, 0.25) is 0 Å². The third-order valence-electron chi connectivity index (χ3n) is 4.24. The number of aromatic nitrogens is 2. The molecule has 0 aliphatic carbocycles. The predicted molar refractivity (Wildman–Crippen MR) is 94.3 cm³/mol. The molecule has 0 bridgehead atoms. The topological polar surface area (TPSA) is 73.6 Å². The summed E-state index contributed by atoms with van der Waals surface area (Å²) in [5.74, 6) is 0.788. The van der Waals surface area contributed by atoms with Gasteiger partial charge in [-0.15, -0.1) is 0 Å². The van der Waals surface area contributed by atoms with Crippen molar-refractivity contribution in [1.29, 1.82) is 0 Å². The molecule has 1 aromatic carbocycles. The van der Waals surface area contributed by atoms with Crippen LogP contribution in [-0.2, 0) is 18.4 Å². The van der Waals surface area contributed by atoms with E-state index in [1.807, 2.05) is 12.1 Å². The Bertz CT molecular complexity index is 791. The van der Waals surface area contributed by atoms with E-state index in [2.05, 4.69) is 37.9 Å². The Kier molecular flexibility index (Phi) is 4.81. The number of hydrogen-bond donors (Lipinski definition) is 1. The Hall–Kier alpha value is -2.34. The summed E-state index contributed by atoms with van der Waals surface area (Å²) in [7, 11) is 0. The summed E-state index contributed by atoms with van der Waals surface area (Å²) in [5, 5.41) is 9.00. The largest absolute Gasteiger partial charge is 0.490 e. The third-order valence-corrected chi connectivity index (χ3v) is 4.24. The van der Waals surface area contributed by atoms with Crippen LogP contribution in [-0.4, -0.2) is 34.0 Å². The van der Waals surface area contributed by atoms with Gasteiger partial charge in [-0.1, -0.05) is 32.9 Å². The molecule has 1 aliphatic heterocycles. The Morgan fingerprint density at radius 3 is 2.68 bits per heavy atom. The van der Waals surface area contributed by atoms with Crippen molar-refractivity contribution in [3.8, 4) is 11.8 Å². The zero-order valence-corrected chi connectivity index (χ0v) is 14.9. The van der Waals surface area contributed by atoms with Crippen LogP contribution in [0.1, 0.15) is 31.9 Å². The summed E-state index contributed by atoms with van der Waals surface area (Å²) in [6.45, 7) is 7.39. The molecule has 6 heteroatoms. The lowest BCUT2D eigenvalue weighted by molar-refractivity contribution is 0.143. The van der Waals surface area contributed by atoms with Crippen molar-refractivity contribution in [2.75, 3.05) is 13.2 Å². The average molecular weight is 344 g/mol. The van der Waals surface area contributed by atoms with Crippen LogP contribution >= 0.6 is 0 Å². The maximum atomic E-state index is 11.8. The van der Waals surface area contributed by atoms with Crippen molar-refractivity contribution in [3.05, 3.63) is 51.9 Å². The summed E-state index contributed by atoms with van der Waals surface area (Å²) in [4.78, 5) is 15.8. The number of ether oxygens (including phenoxy) is 2. The minimum absolute atomic E-state index is 0.0752. The Labute approximate surface area is 147 Å². The van der Waals surface area contributed by atoms with Gasteiger partial charge in [-0.05, 0) is 23.1 Å². The molecule has 0 spiro atoms. The van der Waals surface area contributed by atoms with Crippen LogP contribution in [0.4, 0.5) is 0 Å². The van der Waals surface area contributed by atoms with Crippen LogP contribution in [0.3, 0.4) is 0 Å². The van der Waals surface area contributed by atoms with E-state index in [4.69, 9.17) is 14.6 Å². The first kappa shape index (κ1) is 17.5. The fraction of sp³-hybridized carbons (Fsp3) is 0.474. The van der Waals surface area contributed by atoms with Crippen molar-refractivity contribution in [2.45, 2.75) is 45.3 Å². The van der Waals surface area contributed by atoms with Gasteiger partial charge in [-0.25, -0.2) is 0 Å². The minimum atomic E-state index is -0.348. The van der Waals surface area contributed by atoms with Crippen LogP contribution in [0.5, 0.6) is 11.8 Å². The van der Waals surface area contributed by atoms with Crippen molar-refractivity contribution < 1.29 is 14.6 Å². The molecule has 1 aliphatic rings. The lowest BCUT2D eigenvalue weighted by Gasteiger charge is -2.19. The highest BCUT2D eigenvalue weighted by Crippen LogP contribution is 2.25. The first-order chi connectivity index (χ1) is 11.9. The van der Waals surface area contributed by atoms with Gasteiger partial charge in [0.25, 0.3) is 11.6 Å². The number of nitrogens with zero attached hydrogens (tertiary/aromatic N) is 2. The van der Waals surface area contributed by atoms with Gasteiger partial charge in [-0.3, -0.25) is 9.36 Å². The van der Waals surface area contributed by atoms with E-state index < -0.39 is 0 Å². The van der Waals surface area contributed by atoms with Crippen LogP contribution in [0.25, 0.3) is 0 Å². The fourth-order valence-electron chi connectivity index (χ4n) is 2.77.